The lowest BCUT2D eigenvalue weighted by atomic mass is 9.52. The summed E-state index contributed by atoms with van der Waals surface area (Å²) >= 11 is 0. The van der Waals surface area contributed by atoms with Crippen LogP contribution in [0.15, 0.2) is 12.2 Å². The third kappa shape index (κ3) is 5.99. The average Bonchev–Trinajstić information content (AvgIpc) is 2.66. The van der Waals surface area contributed by atoms with Crippen LogP contribution in [0.4, 0.5) is 17.6 Å². The molecule has 0 aliphatic heterocycles. The van der Waals surface area contributed by atoms with Crippen LogP contribution in [0, 0.1) is 11.8 Å². The van der Waals surface area contributed by atoms with Crippen molar-refractivity contribution in [3.8, 4) is 0 Å². The highest BCUT2D eigenvalue weighted by atomic mass is 32.2. The van der Waals surface area contributed by atoms with Gasteiger partial charge in [-0.1, -0.05) is 6.58 Å². The van der Waals surface area contributed by atoms with E-state index in [0.717, 1.165) is 19.3 Å². The SMILES string of the molecule is C=C(COCCCCC(F)(F)C(F)(F)S(=O)(=O)O)C(=O)OC12CC3CC(CC(OC(C)=O)(C3)C1)C2. The average molecular weight is 531 g/mol. The van der Waals surface area contributed by atoms with E-state index in [1.807, 2.05) is 0 Å². The summed E-state index contributed by atoms with van der Waals surface area (Å²) in [6.07, 6.45) is 2.15. The van der Waals surface area contributed by atoms with E-state index in [2.05, 4.69) is 6.58 Å². The maximum absolute atomic E-state index is 13.5. The summed E-state index contributed by atoms with van der Waals surface area (Å²) in [5.41, 5.74) is -1.38. The smallest absolute Gasteiger partial charge is 0.431 e. The largest absolute Gasteiger partial charge is 0.459 e. The number of unbranched alkanes of at least 4 members (excludes halogenated alkanes) is 1. The highest BCUT2D eigenvalue weighted by molar-refractivity contribution is 7.87. The van der Waals surface area contributed by atoms with E-state index >= 15 is 0 Å². The lowest BCUT2D eigenvalue weighted by Gasteiger charge is -2.60. The molecule has 4 saturated carbocycles. The highest BCUT2D eigenvalue weighted by Crippen LogP contribution is 2.60. The summed E-state index contributed by atoms with van der Waals surface area (Å²) in [6, 6.07) is 0. The molecule has 4 rings (SSSR count). The lowest BCUT2D eigenvalue weighted by Crippen LogP contribution is -2.61. The summed E-state index contributed by atoms with van der Waals surface area (Å²) in [5.74, 6) is -5.41. The first kappa shape index (κ1) is 27.9. The molecule has 0 aromatic heterocycles. The molecular formula is C22H30F4O8S. The van der Waals surface area contributed by atoms with Gasteiger partial charge in [0.15, 0.2) is 0 Å². The molecule has 4 aliphatic carbocycles. The Morgan fingerprint density at radius 3 is 2.09 bits per heavy atom. The number of esters is 2. The second-order valence-corrected chi connectivity index (χ2v) is 11.6. The van der Waals surface area contributed by atoms with Crippen molar-refractivity contribution in [2.75, 3.05) is 13.2 Å². The molecule has 4 bridgehead atoms. The van der Waals surface area contributed by atoms with Gasteiger partial charge in [-0.05, 0) is 56.8 Å². The zero-order valence-corrected chi connectivity index (χ0v) is 20.2. The van der Waals surface area contributed by atoms with Crippen LogP contribution in [0.2, 0.25) is 0 Å². The van der Waals surface area contributed by atoms with E-state index in [4.69, 9.17) is 18.8 Å². The summed E-state index contributed by atoms with van der Waals surface area (Å²) in [7, 11) is -6.26. The zero-order chi connectivity index (χ0) is 26.3. The second-order valence-electron chi connectivity index (χ2n) is 10.1. The Morgan fingerprint density at radius 1 is 1.03 bits per heavy atom. The zero-order valence-electron chi connectivity index (χ0n) is 19.4. The fourth-order valence-corrected chi connectivity index (χ4v) is 6.53. The highest BCUT2D eigenvalue weighted by Gasteiger charge is 2.65. The maximum atomic E-state index is 13.5. The molecule has 4 aliphatic rings. The number of carbonyl (C=O) groups is 2. The molecule has 2 unspecified atom stereocenters. The quantitative estimate of drug-likeness (QED) is 0.132. The van der Waals surface area contributed by atoms with Crippen molar-refractivity contribution in [2.24, 2.45) is 11.8 Å². The number of hydrogen-bond donors (Lipinski definition) is 1. The van der Waals surface area contributed by atoms with Crippen molar-refractivity contribution in [1.29, 1.82) is 0 Å². The van der Waals surface area contributed by atoms with E-state index < -0.39 is 51.3 Å². The Balaban J connectivity index is 1.43. The Kier molecular flexibility index (Phi) is 7.66. The van der Waals surface area contributed by atoms with Crippen molar-refractivity contribution >= 4 is 22.1 Å². The van der Waals surface area contributed by atoms with Crippen molar-refractivity contribution in [1.82, 2.24) is 0 Å². The van der Waals surface area contributed by atoms with Gasteiger partial charge in [0.1, 0.15) is 11.2 Å². The fourth-order valence-electron chi connectivity index (χ4n) is 6.05. The van der Waals surface area contributed by atoms with Crippen LogP contribution in [-0.4, -0.2) is 60.5 Å². The fraction of sp³-hybridized carbons (Fsp3) is 0.818. The van der Waals surface area contributed by atoms with Gasteiger partial charge in [-0.25, -0.2) is 4.79 Å². The molecule has 1 N–H and O–H groups in total. The van der Waals surface area contributed by atoms with Crippen LogP contribution in [0.5, 0.6) is 0 Å². The van der Waals surface area contributed by atoms with Crippen LogP contribution in [0.3, 0.4) is 0 Å². The minimum atomic E-state index is -6.26. The first-order chi connectivity index (χ1) is 16.0. The van der Waals surface area contributed by atoms with E-state index in [1.54, 1.807) is 0 Å². The number of halogens is 4. The van der Waals surface area contributed by atoms with Gasteiger partial charge >= 0.3 is 33.2 Å². The normalized spacial score (nSPS) is 30.2. The first-order valence-corrected chi connectivity index (χ1v) is 12.8. The number of carbonyl (C=O) groups excluding carboxylic acids is 2. The Bertz CT molecular complexity index is 951. The molecule has 0 radical (unpaired) electrons. The summed E-state index contributed by atoms with van der Waals surface area (Å²) < 4.78 is 99.3. The van der Waals surface area contributed by atoms with Crippen molar-refractivity contribution < 1.29 is 54.3 Å². The van der Waals surface area contributed by atoms with Crippen molar-refractivity contribution in [3.63, 3.8) is 0 Å². The maximum Gasteiger partial charge on any atom is 0.431 e. The van der Waals surface area contributed by atoms with Gasteiger partial charge in [0.25, 0.3) is 0 Å². The predicted octanol–water partition coefficient (Wildman–Crippen LogP) is 4.04. The van der Waals surface area contributed by atoms with E-state index in [-0.39, 0.29) is 31.2 Å². The topological polar surface area (TPSA) is 116 Å². The molecule has 8 nitrogen and oxygen atoms in total. The Labute approximate surface area is 201 Å². The Hall–Kier alpha value is -1.73. The summed E-state index contributed by atoms with van der Waals surface area (Å²) in [5, 5.41) is -5.59. The molecule has 0 saturated heterocycles. The standard InChI is InChI=1S/C22H30F4O8S/c1-14(12-32-6-4-3-5-21(23,24)22(25,26)35(29,30)31)18(28)34-20-10-16-7-17(11-20)9-19(8-16,13-20)33-15(2)27/h16-17H,1,3-13H2,2H3,(H,29,30,31). The van der Waals surface area contributed by atoms with Gasteiger partial charge in [-0.2, -0.15) is 26.0 Å². The van der Waals surface area contributed by atoms with E-state index in [0.29, 0.717) is 31.1 Å². The van der Waals surface area contributed by atoms with E-state index in [1.165, 1.54) is 6.92 Å². The molecular weight excluding hydrogens is 500 g/mol. The third-order valence-corrected chi connectivity index (χ3v) is 7.91. The molecule has 0 spiro atoms. The van der Waals surface area contributed by atoms with Crippen LogP contribution < -0.4 is 0 Å². The molecule has 0 amide bonds. The Morgan fingerprint density at radius 2 is 1.57 bits per heavy atom. The van der Waals surface area contributed by atoms with Gasteiger partial charge in [-0.15, -0.1) is 0 Å². The van der Waals surface area contributed by atoms with Gasteiger partial charge in [0.05, 0.1) is 12.2 Å². The predicted molar refractivity (Wildman–Crippen MR) is 113 cm³/mol. The monoisotopic (exact) mass is 530 g/mol. The van der Waals surface area contributed by atoms with Crippen molar-refractivity contribution in [3.05, 3.63) is 12.2 Å². The van der Waals surface area contributed by atoms with Gasteiger partial charge in [-0.3, -0.25) is 9.35 Å². The minimum absolute atomic E-state index is 0.00878. The van der Waals surface area contributed by atoms with Gasteiger partial charge in [0.2, 0.25) is 0 Å². The molecule has 0 aromatic rings. The third-order valence-electron chi connectivity index (χ3n) is 6.97. The van der Waals surface area contributed by atoms with Gasteiger partial charge in [0, 0.05) is 26.4 Å². The minimum Gasteiger partial charge on any atom is -0.459 e. The molecule has 13 heteroatoms. The first-order valence-electron chi connectivity index (χ1n) is 11.4. The van der Waals surface area contributed by atoms with Gasteiger partial charge < -0.3 is 14.2 Å². The lowest BCUT2D eigenvalue weighted by molar-refractivity contribution is -0.228. The summed E-state index contributed by atoms with van der Waals surface area (Å²) in [6.45, 7) is 4.55. The number of alkyl halides is 4. The van der Waals surface area contributed by atoms with Crippen LogP contribution in [0.25, 0.3) is 0 Å². The van der Waals surface area contributed by atoms with Crippen LogP contribution in [0.1, 0.15) is 64.7 Å². The second kappa shape index (κ2) is 9.62. The van der Waals surface area contributed by atoms with Crippen LogP contribution >= 0.6 is 0 Å². The van der Waals surface area contributed by atoms with Crippen LogP contribution in [-0.2, 0) is 33.9 Å². The molecule has 2 atom stereocenters. The molecule has 0 aromatic carbocycles. The number of rotatable bonds is 12. The molecule has 200 valence electrons. The molecule has 4 fully saturated rings. The van der Waals surface area contributed by atoms with E-state index in [9.17, 15) is 35.6 Å². The number of hydrogen-bond acceptors (Lipinski definition) is 7. The summed E-state index contributed by atoms with van der Waals surface area (Å²) in [4.78, 5) is 24.3. The van der Waals surface area contributed by atoms with Crippen molar-refractivity contribution in [2.45, 2.75) is 87.1 Å². The molecule has 35 heavy (non-hydrogen) atoms. The molecule has 0 heterocycles. The number of ether oxygens (including phenoxy) is 3.